The summed E-state index contributed by atoms with van der Waals surface area (Å²) in [6.45, 7) is 1.19. The Morgan fingerprint density at radius 2 is 2.10 bits per heavy atom. The van der Waals surface area contributed by atoms with Gasteiger partial charge in [0.2, 0.25) is 10.0 Å². The van der Waals surface area contributed by atoms with Crippen molar-refractivity contribution in [3.05, 3.63) is 35.4 Å². The molecule has 0 amide bonds. The van der Waals surface area contributed by atoms with Gasteiger partial charge < -0.3 is 4.74 Å². The van der Waals surface area contributed by atoms with Gasteiger partial charge >= 0.3 is 0 Å². The van der Waals surface area contributed by atoms with Gasteiger partial charge in [-0.05, 0) is 37.0 Å². The molecule has 1 N–H and O–H groups in total. The van der Waals surface area contributed by atoms with E-state index in [0.717, 1.165) is 19.4 Å². The Morgan fingerprint density at radius 3 is 2.70 bits per heavy atom. The molecule has 1 unspecified atom stereocenters. The lowest BCUT2D eigenvalue weighted by atomic mass is 10.2. The molecule has 108 valence electrons. The first-order valence-electron chi connectivity index (χ1n) is 6.67. The Hall–Kier alpha value is -1.42. The van der Waals surface area contributed by atoms with E-state index in [2.05, 4.69) is 4.72 Å². The predicted octanol–water partition coefficient (Wildman–Crippen LogP) is 1.55. The molecule has 2 rings (SSSR count). The molecule has 1 aliphatic heterocycles. The number of sulfonamides is 1. The number of rotatable bonds is 6. The number of nitrogens with zero attached hydrogens (tertiary/aromatic N) is 1. The maximum Gasteiger partial charge on any atom is 0.215 e. The summed E-state index contributed by atoms with van der Waals surface area (Å²) in [5.41, 5.74) is 1.20. The molecule has 0 bridgehead atoms. The maximum atomic E-state index is 11.9. The highest BCUT2D eigenvalue weighted by molar-refractivity contribution is 7.88. The molecule has 6 heteroatoms. The van der Waals surface area contributed by atoms with Gasteiger partial charge in [0.25, 0.3) is 0 Å². The van der Waals surface area contributed by atoms with Crippen LogP contribution in [0.5, 0.6) is 0 Å². The van der Waals surface area contributed by atoms with Crippen LogP contribution in [0.15, 0.2) is 24.3 Å². The summed E-state index contributed by atoms with van der Waals surface area (Å²) in [6, 6.07) is 8.58. The molecule has 1 aromatic rings. The normalized spacial score (nSPS) is 18.9. The van der Waals surface area contributed by atoms with Crippen LogP contribution >= 0.6 is 0 Å². The minimum Gasteiger partial charge on any atom is -0.378 e. The first kappa shape index (κ1) is 15.0. The molecular formula is C14H18N2O3S. The summed E-state index contributed by atoms with van der Waals surface area (Å²) in [6.07, 6.45) is 2.97. The number of hydrogen-bond donors (Lipinski definition) is 1. The molecule has 1 aromatic carbocycles. The Kier molecular flexibility index (Phi) is 5.12. The smallest absolute Gasteiger partial charge is 0.215 e. The van der Waals surface area contributed by atoms with Gasteiger partial charge in [-0.15, -0.1) is 0 Å². The second kappa shape index (κ2) is 6.84. The first-order chi connectivity index (χ1) is 9.59. The third-order valence-electron chi connectivity index (χ3n) is 3.25. The summed E-state index contributed by atoms with van der Waals surface area (Å²) in [4.78, 5) is 0. The second-order valence-electron chi connectivity index (χ2n) is 4.89. The highest BCUT2D eigenvalue weighted by Crippen LogP contribution is 2.14. The van der Waals surface area contributed by atoms with Crippen molar-refractivity contribution >= 4 is 10.0 Å². The average molecular weight is 294 g/mol. The van der Waals surface area contributed by atoms with E-state index in [4.69, 9.17) is 10.00 Å². The van der Waals surface area contributed by atoms with Gasteiger partial charge in [0, 0.05) is 13.2 Å². The Bertz CT molecular complexity index is 569. The number of nitriles is 1. The standard InChI is InChI=1S/C14H18N2O3S/c15-10-12-3-5-13(6-4-12)11-20(17,18)16-8-7-14-2-1-9-19-14/h3-6,14,16H,1-2,7-9,11H2. The van der Waals surface area contributed by atoms with Crippen molar-refractivity contribution in [2.24, 2.45) is 0 Å². The van der Waals surface area contributed by atoms with Gasteiger partial charge in [0.1, 0.15) is 0 Å². The molecule has 5 nitrogen and oxygen atoms in total. The minimum absolute atomic E-state index is 0.0652. The Labute approximate surface area is 119 Å². The van der Waals surface area contributed by atoms with Crippen molar-refractivity contribution in [2.75, 3.05) is 13.2 Å². The molecule has 1 heterocycles. The summed E-state index contributed by atoms with van der Waals surface area (Å²) in [7, 11) is -3.33. The number of hydrogen-bond acceptors (Lipinski definition) is 4. The fourth-order valence-electron chi connectivity index (χ4n) is 2.19. The van der Waals surface area contributed by atoms with E-state index in [1.807, 2.05) is 6.07 Å². The van der Waals surface area contributed by atoms with Crippen LogP contribution in [0.25, 0.3) is 0 Å². The van der Waals surface area contributed by atoms with E-state index in [-0.39, 0.29) is 11.9 Å². The van der Waals surface area contributed by atoms with Gasteiger partial charge in [-0.1, -0.05) is 12.1 Å². The van der Waals surface area contributed by atoms with Crippen molar-refractivity contribution in [3.8, 4) is 6.07 Å². The molecule has 20 heavy (non-hydrogen) atoms. The molecular weight excluding hydrogens is 276 g/mol. The van der Waals surface area contributed by atoms with Crippen LogP contribution in [0, 0.1) is 11.3 Å². The SMILES string of the molecule is N#Cc1ccc(CS(=O)(=O)NCCC2CCCO2)cc1. The zero-order chi connectivity index (χ0) is 14.4. The van der Waals surface area contributed by atoms with E-state index in [1.165, 1.54) is 0 Å². The maximum absolute atomic E-state index is 11.9. The highest BCUT2D eigenvalue weighted by atomic mass is 32.2. The van der Waals surface area contributed by atoms with Crippen LogP contribution in [-0.4, -0.2) is 27.7 Å². The molecule has 0 saturated carbocycles. The Morgan fingerprint density at radius 1 is 1.35 bits per heavy atom. The zero-order valence-electron chi connectivity index (χ0n) is 11.2. The summed E-state index contributed by atoms with van der Waals surface area (Å²) in [5, 5.41) is 8.69. The van der Waals surface area contributed by atoms with Gasteiger partial charge in [0.05, 0.1) is 23.5 Å². The molecule has 1 fully saturated rings. The third-order valence-corrected chi connectivity index (χ3v) is 4.61. The summed E-state index contributed by atoms with van der Waals surface area (Å²) >= 11 is 0. The minimum atomic E-state index is -3.33. The van der Waals surface area contributed by atoms with E-state index in [1.54, 1.807) is 24.3 Å². The second-order valence-corrected chi connectivity index (χ2v) is 6.69. The van der Waals surface area contributed by atoms with Crippen molar-refractivity contribution in [1.29, 1.82) is 5.26 Å². The van der Waals surface area contributed by atoms with Crippen molar-refractivity contribution < 1.29 is 13.2 Å². The lowest BCUT2D eigenvalue weighted by molar-refractivity contribution is 0.105. The quantitative estimate of drug-likeness (QED) is 0.863. The predicted molar refractivity (Wildman–Crippen MR) is 75.4 cm³/mol. The largest absolute Gasteiger partial charge is 0.378 e. The third kappa shape index (κ3) is 4.60. The molecule has 1 saturated heterocycles. The molecule has 1 aliphatic rings. The fraction of sp³-hybridized carbons (Fsp3) is 0.500. The van der Waals surface area contributed by atoms with Crippen molar-refractivity contribution in [3.63, 3.8) is 0 Å². The van der Waals surface area contributed by atoms with Crippen LogP contribution in [-0.2, 0) is 20.5 Å². The molecule has 1 atom stereocenters. The van der Waals surface area contributed by atoms with Crippen LogP contribution in [0.3, 0.4) is 0 Å². The number of nitrogens with one attached hydrogen (secondary N) is 1. The van der Waals surface area contributed by atoms with Gasteiger partial charge in [-0.2, -0.15) is 5.26 Å². The van der Waals surface area contributed by atoms with Crippen LogP contribution in [0.2, 0.25) is 0 Å². The zero-order valence-corrected chi connectivity index (χ0v) is 12.0. The summed E-state index contributed by atoms with van der Waals surface area (Å²) in [5.74, 6) is -0.0652. The van der Waals surface area contributed by atoms with Crippen LogP contribution in [0.1, 0.15) is 30.4 Å². The van der Waals surface area contributed by atoms with E-state index in [9.17, 15) is 8.42 Å². The van der Waals surface area contributed by atoms with E-state index < -0.39 is 10.0 Å². The van der Waals surface area contributed by atoms with E-state index in [0.29, 0.717) is 24.1 Å². The van der Waals surface area contributed by atoms with Crippen LogP contribution in [0.4, 0.5) is 0 Å². The lowest BCUT2D eigenvalue weighted by Crippen LogP contribution is -2.28. The number of benzene rings is 1. The highest BCUT2D eigenvalue weighted by Gasteiger charge is 2.17. The summed E-state index contributed by atoms with van der Waals surface area (Å²) < 4.78 is 31.9. The lowest BCUT2D eigenvalue weighted by Gasteiger charge is -2.10. The van der Waals surface area contributed by atoms with E-state index >= 15 is 0 Å². The van der Waals surface area contributed by atoms with Gasteiger partial charge in [-0.25, -0.2) is 13.1 Å². The van der Waals surface area contributed by atoms with Gasteiger partial charge in [0.15, 0.2) is 0 Å². The molecule has 0 aromatic heterocycles. The first-order valence-corrected chi connectivity index (χ1v) is 8.32. The van der Waals surface area contributed by atoms with Crippen molar-refractivity contribution in [2.45, 2.75) is 31.1 Å². The fourth-order valence-corrected chi connectivity index (χ4v) is 3.36. The average Bonchev–Trinajstić information content (AvgIpc) is 2.92. The molecule has 0 radical (unpaired) electrons. The Balaban J connectivity index is 1.81. The van der Waals surface area contributed by atoms with Crippen molar-refractivity contribution in [1.82, 2.24) is 4.72 Å². The number of ether oxygens (including phenoxy) is 1. The van der Waals surface area contributed by atoms with Crippen LogP contribution < -0.4 is 4.72 Å². The monoisotopic (exact) mass is 294 g/mol. The van der Waals surface area contributed by atoms with Gasteiger partial charge in [-0.3, -0.25) is 0 Å². The topological polar surface area (TPSA) is 79.2 Å². The molecule has 0 aliphatic carbocycles. The molecule has 0 spiro atoms.